The summed E-state index contributed by atoms with van der Waals surface area (Å²) in [5.41, 5.74) is 11.2. The maximum absolute atomic E-state index is 13.7. The Morgan fingerprint density at radius 3 is 2.29 bits per heavy atom. The molecule has 0 aliphatic heterocycles. The second kappa shape index (κ2) is 13.4. The highest BCUT2D eigenvalue weighted by Gasteiger charge is 2.27. The molecule has 8 nitrogen and oxygen atoms in total. The topological polar surface area (TPSA) is 124 Å². The van der Waals surface area contributed by atoms with E-state index in [1.54, 1.807) is 24.3 Å². The van der Waals surface area contributed by atoms with Gasteiger partial charge in [-0.05, 0) is 85.2 Å². The van der Waals surface area contributed by atoms with E-state index in [1.165, 1.54) is 6.20 Å². The number of hydrogen-bond donors (Lipinski definition) is 2. The first kappa shape index (κ1) is 28.2. The molecule has 1 aliphatic rings. The molecule has 1 fully saturated rings. The van der Waals surface area contributed by atoms with Gasteiger partial charge in [-0.3, -0.25) is 9.69 Å². The summed E-state index contributed by atoms with van der Waals surface area (Å²) in [6.07, 6.45) is 5.62. The number of amides is 3. The van der Waals surface area contributed by atoms with Crippen molar-refractivity contribution in [3.8, 4) is 17.2 Å². The molecule has 3 N–H and O–H groups in total. The van der Waals surface area contributed by atoms with Crippen LogP contribution in [0.5, 0.6) is 0 Å². The van der Waals surface area contributed by atoms with E-state index >= 15 is 0 Å². The molecule has 0 spiro atoms. The molecule has 1 aromatic heterocycles. The number of nitrogens with one attached hydrogen (secondary N) is 1. The fourth-order valence-electron chi connectivity index (χ4n) is 5.19. The van der Waals surface area contributed by atoms with Crippen LogP contribution in [-0.4, -0.2) is 28.7 Å². The van der Waals surface area contributed by atoms with Gasteiger partial charge < -0.3 is 11.1 Å². The van der Waals surface area contributed by atoms with Crippen molar-refractivity contribution in [2.45, 2.75) is 44.7 Å². The molecule has 0 radical (unpaired) electrons. The highest BCUT2D eigenvalue weighted by atomic mass is 16.2. The third-order valence-corrected chi connectivity index (χ3v) is 7.44. The standard InChI is InChI=1S/C34H32N6O2/c35-21-25-9-20-32(37-23-25)39-29-7-4-8-30(19-16-29)40(34(42)38-22-24-5-2-1-3-6-24)31-17-14-27(15-18-31)26-10-12-28(13-11-26)33(36)41/h1-3,5-6,9-15,17-18,20,23,30H,4,7-8,16,19,22H2,(H2,36,41)(H,38,42)/t30-/m1/s1. The number of nitrogens with two attached hydrogens (primary N) is 1. The molecule has 0 unspecified atom stereocenters. The van der Waals surface area contributed by atoms with Gasteiger partial charge in [-0.15, -0.1) is 0 Å². The van der Waals surface area contributed by atoms with Gasteiger partial charge in [0.15, 0.2) is 5.82 Å². The molecule has 0 bridgehead atoms. The maximum atomic E-state index is 13.7. The summed E-state index contributed by atoms with van der Waals surface area (Å²) in [7, 11) is 0. The van der Waals surface area contributed by atoms with Gasteiger partial charge in [0.1, 0.15) is 6.07 Å². The number of rotatable bonds is 7. The van der Waals surface area contributed by atoms with Crippen molar-refractivity contribution in [2.75, 3.05) is 4.90 Å². The van der Waals surface area contributed by atoms with E-state index in [1.807, 2.05) is 71.6 Å². The van der Waals surface area contributed by atoms with E-state index in [-0.39, 0.29) is 12.1 Å². The zero-order chi connectivity index (χ0) is 29.3. The molecular weight excluding hydrogens is 524 g/mol. The number of carbonyl (C=O) groups is 2. The summed E-state index contributed by atoms with van der Waals surface area (Å²) < 4.78 is 0. The van der Waals surface area contributed by atoms with Crippen molar-refractivity contribution < 1.29 is 9.59 Å². The molecule has 3 amide bonds. The average molecular weight is 557 g/mol. The molecule has 42 heavy (non-hydrogen) atoms. The highest BCUT2D eigenvalue weighted by molar-refractivity contribution is 5.94. The van der Waals surface area contributed by atoms with Crippen molar-refractivity contribution in [1.29, 1.82) is 5.26 Å². The molecule has 1 aliphatic carbocycles. The van der Waals surface area contributed by atoms with Gasteiger partial charge in [0.25, 0.3) is 0 Å². The molecule has 210 valence electrons. The Labute approximate surface area is 245 Å². The van der Waals surface area contributed by atoms with E-state index in [0.29, 0.717) is 23.5 Å². The summed E-state index contributed by atoms with van der Waals surface area (Å²) >= 11 is 0. The highest BCUT2D eigenvalue weighted by Crippen LogP contribution is 2.30. The Hall–Kier alpha value is -5.29. The monoisotopic (exact) mass is 556 g/mol. The van der Waals surface area contributed by atoms with Crippen LogP contribution in [0.4, 0.5) is 16.3 Å². The van der Waals surface area contributed by atoms with Crippen LogP contribution < -0.4 is 16.0 Å². The second-order valence-corrected chi connectivity index (χ2v) is 10.3. The number of carbonyl (C=O) groups excluding carboxylic acids is 2. The van der Waals surface area contributed by atoms with Crippen LogP contribution >= 0.6 is 0 Å². The van der Waals surface area contributed by atoms with Crippen molar-refractivity contribution in [1.82, 2.24) is 10.3 Å². The number of nitriles is 1. The second-order valence-electron chi connectivity index (χ2n) is 10.3. The Morgan fingerprint density at radius 1 is 0.929 bits per heavy atom. The Morgan fingerprint density at radius 2 is 1.64 bits per heavy atom. The smallest absolute Gasteiger partial charge is 0.322 e. The molecule has 8 heteroatoms. The number of primary amides is 1. The summed E-state index contributed by atoms with van der Waals surface area (Å²) in [6.45, 7) is 0.435. The van der Waals surface area contributed by atoms with Crippen LogP contribution in [0, 0.1) is 11.3 Å². The van der Waals surface area contributed by atoms with Crippen molar-refractivity contribution in [3.63, 3.8) is 0 Å². The van der Waals surface area contributed by atoms with Gasteiger partial charge in [-0.1, -0.05) is 54.6 Å². The van der Waals surface area contributed by atoms with Gasteiger partial charge >= 0.3 is 6.03 Å². The lowest BCUT2D eigenvalue weighted by Gasteiger charge is -2.31. The predicted octanol–water partition coefficient (Wildman–Crippen LogP) is 6.54. The van der Waals surface area contributed by atoms with Gasteiger partial charge in [-0.25, -0.2) is 14.8 Å². The molecule has 5 rings (SSSR count). The quantitative estimate of drug-likeness (QED) is 0.251. The summed E-state index contributed by atoms with van der Waals surface area (Å²) in [6, 6.07) is 30.4. The van der Waals surface area contributed by atoms with E-state index in [0.717, 1.165) is 60.2 Å². The normalized spacial score (nSPS) is 15.8. The third kappa shape index (κ3) is 7.07. The average Bonchev–Trinajstić information content (AvgIpc) is 3.26. The molecule has 1 saturated carbocycles. The SMILES string of the molecule is N#Cc1ccc(N=C2CCC[C@@H](N(C(=O)NCc3ccccc3)c3ccc(-c4ccc(C(N)=O)cc4)cc3)CC2)nc1. The fraction of sp³-hybridized carbons (Fsp3) is 0.206. The fourth-order valence-corrected chi connectivity index (χ4v) is 5.19. The lowest BCUT2D eigenvalue weighted by Crippen LogP contribution is -2.46. The zero-order valence-corrected chi connectivity index (χ0v) is 23.2. The van der Waals surface area contributed by atoms with Crippen molar-refractivity contribution in [3.05, 3.63) is 114 Å². The Balaban J connectivity index is 1.36. The van der Waals surface area contributed by atoms with Crippen molar-refractivity contribution in [2.24, 2.45) is 10.7 Å². The van der Waals surface area contributed by atoms with Crippen LogP contribution in [0.25, 0.3) is 11.1 Å². The minimum atomic E-state index is -0.459. The van der Waals surface area contributed by atoms with Crippen molar-refractivity contribution >= 4 is 29.2 Å². The van der Waals surface area contributed by atoms with Crippen LogP contribution in [0.3, 0.4) is 0 Å². The lowest BCUT2D eigenvalue weighted by molar-refractivity contribution is 0.1000. The first-order valence-electron chi connectivity index (χ1n) is 14.0. The lowest BCUT2D eigenvalue weighted by atomic mass is 10.0. The third-order valence-electron chi connectivity index (χ3n) is 7.44. The van der Waals surface area contributed by atoms with Crippen LogP contribution in [-0.2, 0) is 6.54 Å². The molecule has 1 heterocycles. The first-order chi connectivity index (χ1) is 20.5. The molecular formula is C34H32N6O2. The zero-order valence-electron chi connectivity index (χ0n) is 23.2. The number of pyridine rings is 1. The number of anilines is 1. The maximum Gasteiger partial charge on any atom is 0.322 e. The van der Waals surface area contributed by atoms with Crippen LogP contribution in [0.2, 0.25) is 0 Å². The number of urea groups is 1. The van der Waals surface area contributed by atoms with E-state index in [9.17, 15) is 9.59 Å². The van der Waals surface area contributed by atoms with Gasteiger partial charge in [0, 0.05) is 35.7 Å². The number of hydrogen-bond acceptors (Lipinski definition) is 5. The van der Waals surface area contributed by atoms with E-state index < -0.39 is 5.91 Å². The minimum absolute atomic E-state index is 0.0110. The largest absolute Gasteiger partial charge is 0.366 e. The first-order valence-corrected chi connectivity index (χ1v) is 14.0. The Bertz CT molecular complexity index is 1590. The molecule has 1 atom stereocenters. The number of aliphatic imine (C=N–C) groups is 1. The molecule has 0 saturated heterocycles. The predicted molar refractivity (Wildman–Crippen MR) is 164 cm³/mol. The number of benzene rings is 3. The van der Waals surface area contributed by atoms with Crippen LogP contribution in [0.15, 0.2) is 102 Å². The van der Waals surface area contributed by atoms with Gasteiger partial charge in [-0.2, -0.15) is 5.26 Å². The number of nitrogens with zero attached hydrogens (tertiary/aromatic N) is 4. The van der Waals surface area contributed by atoms with E-state index in [4.69, 9.17) is 16.0 Å². The summed E-state index contributed by atoms with van der Waals surface area (Å²) in [4.78, 5) is 36.1. The minimum Gasteiger partial charge on any atom is -0.366 e. The number of aromatic nitrogens is 1. The summed E-state index contributed by atoms with van der Waals surface area (Å²) in [5, 5.41) is 12.1. The van der Waals surface area contributed by atoms with E-state index in [2.05, 4.69) is 16.4 Å². The summed E-state index contributed by atoms with van der Waals surface area (Å²) in [5.74, 6) is 0.137. The van der Waals surface area contributed by atoms with Gasteiger partial charge in [0.05, 0.1) is 5.56 Å². The molecule has 3 aromatic carbocycles. The van der Waals surface area contributed by atoms with Gasteiger partial charge in [0.2, 0.25) is 5.91 Å². The molecule has 4 aromatic rings. The Kier molecular flexibility index (Phi) is 9.00. The van der Waals surface area contributed by atoms with Crippen LogP contribution in [0.1, 0.15) is 53.6 Å².